The minimum absolute atomic E-state index is 1.11. The van der Waals surface area contributed by atoms with E-state index in [2.05, 4.69) is 179 Å². The molecule has 0 aliphatic heterocycles. The number of hydrogen-bond acceptors (Lipinski definition) is 1. The molecule has 206 valence electrons. The first-order valence-electron chi connectivity index (χ1n) is 15.1. The standard InChI is InChI=1S/C42H28N2/c1-2-12-32(13-3-1)43(35-26-25-30-22-24-31-23-21-29-11-4-5-16-36(29)42(31)39(30)28-35)33-14-10-15-34(27-33)44-40-19-8-6-17-37(40)38-18-7-9-20-41(38)44/h1-28H. The molecule has 0 aliphatic rings. The average Bonchev–Trinajstić information content (AvgIpc) is 3.43. The van der Waals surface area contributed by atoms with Crippen LogP contribution in [0.15, 0.2) is 170 Å². The van der Waals surface area contributed by atoms with E-state index in [0.717, 1.165) is 22.7 Å². The van der Waals surface area contributed by atoms with Crippen molar-refractivity contribution in [2.75, 3.05) is 4.90 Å². The molecule has 8 aromatic carbocycles. The fraction of sp³-hybridized carbons (Fsp3) is 0. The van der Waals surface area contributed by atoms with Gasteiger partial charge in [-0.25, -0.2) is 0 Å². The van der Waals surface area contributed by atoms with Crippen molar-refractivity contribution in [3.8, 4) is 5.69 Å². The number of hydrogen-bond donors (Lipinski definition) is 0. The van der Waals surface area contributed by atoms with Gasteiger partial charge in [-0.1, -0.05) is 115 Å². The van der Waals surface area contributed by atoms with Gasteiger partial charge in [-0.3, -0.25) is 0 Å². The minimum atomic E-state index is 1.11. The molecule has 0 bridgehead atoms. The number of aromatic nitrogens is 1. The second kappa shape index (κ2) is 9.86. The summed E-state index contributed by atoms with van der Waals surface area (Å²) in [7, 11) is 0. The lowest BCUT2D eigenvalue weighted by Crippen LogP contribution is -2.10. The molecule has 9 aromatic rings. The van der Waals surface area contributed by atoms with Crippen LogP contribution in [0.25, 0.3) is 59.8 Å². The molecule has 0 unspecified atom stereocenters. The molecule has 0 amide bonds. The van der Waals surface area contributed by atoms with Crippen molar-refractivity contribution in [3.05, 3.63) is 170 Å². The number of anilines is 3. The maximum absolute atomic E-state index is 2.39. The van der Waals surface area contributed by atoms with Crippen LogP contribution in [0.1, 0.15) is 0 Å². The third-order valence-corrected chi connectivity index (χ3v) is 8.91. The molecule has 44 heavy (non-hydrogen) atoms. The second-order valence-corrected chi connectivity index (χ2v) is 11.4. The number of para-hydroxylation sites is 3. The Bertz CT molecular complexity index is 2450. The zero-order valence-corrected chi connectivity index (χ0v) is 24.1. The van der Waals surface area contributed by atoms with Gasteiger partial charge in [0.05, 0.1) is 11.0 Å². The maximum atomic E-state index is 2.39. The fourth-order valence-corrected chi connectivity index (χ4v) is 6.95. The second-order valence-electron chi connectivity index (χ2n) is 11.4. The fourth-order valence-electron chi connectivity index (χ4n) is 6.95. The van der Waals surface area contributed by atoms with E-state index < -0.39 is 0 Å². The quantitative estimate of drug-likeness (QED) is 0.194. The summed E-state index contributed by atoms with van der Waals surface area (Å²) in [5.41, 5.74) is 6.92. The first-order valence-corrected chi connectivity index (χ1v) is 15.1. The monoisotopic (exact) mass is 560 g/mol. The summed E-state index contributed by atoms with van der Waals surface area (Å²) in [6.07, 6.45) is 0. The van der Waals surface area contributed by atoms with Gasteiger partial charge >= 0.3 is 0 Å². The van der Waals surface area contributed by atoms with Crippen molar-refractivity contribution in [1.29, 1.82) is 0 Å². The Balaban J connectivity index is 1.29. The molecule has 0 saturated carbocycles. The predicted molar refractivity (Wildman–Crippen MR) is 188 cm³/mol. The number of fused-ring (bicyclic) bond motifs is 8. The summed E-state index contributed by atoms with van der Waals surface area (Å²) in [4.78, 5) is 2.38. The van der Waals surface area contributed by atoms with Crippen LogP contribution in [-0.4, -0.2) is 4.57 Å². The van der Waals surface area contributed by atoms with Gasteiger partial charge in [0.15, 0.2) is 0 Å². The van der Waals surface area contributed by atoms with Crippen LogP contribution in [-0.2, 0) is 0 Å². The molecule has 0 atom stereocenters. The Morgan fingerprint density at radius 1 is 0.341 bits per heavy atom. The highest BCUT2D eigenvalue weighted by Gasteiger charge is 2.17. The average molecular weight is 561 g/mol. The summed E-state index contributed by atoms with van der Waals surface area (Å²) in [5.74, 6) is 0. The number of nitrogens with zero attached hydrogens (tertiary/aromatic N) is 2. The van der Waals surface area contributed by atoms with Gasteiger partial charge in [0.1, 0.15) is 0 Å². The first kappa shape index (κ1) is 24.7. The minimum Gasteiger partial charge on any atom is -0.310 e. The van der Waals surface area contributed by atoms with Crippen LogP contribution in [0.5, 0.6) is 0 Å². The lowest BCUT2D eigenvalue weighted by Gasteiger charge is -2.26. The largest absolute Gasteiger partial charge is 0.310 e. The van der Waals surface area contributed by atoms with E-state index in [-0.39, 0.29) is 0 Å². The van der Waals surface area contributed by atoms with Crippen LogP contribution in [0.3, 0.4) is 0 Å². The molecule has 1 aromatic heterocycles. The first-order chi connectivity index (χ1) is 21.8. The molecule has 9 rings (SSSR count). The lowest BCUT2D eigenvalue weighted by atomic mass is 9.96. The smallest absolute Gasteiger partial charge is 0.0541 e. The lowest BCUT2D eigenvalue weighted by molar-refractivity contribution is 1.17. The van der Waals surface area contributed by atoms with Crippen LogP contribution < -0.4 is 4.90 Å². The molecule has 0 fully saturated rings. The highest BCUT2D eigenvalue weighted by atomic mass is 15.1. The van der Waals surface area contributed by atoms with Crippen molar-refractivity contribution in [1.82, 2.24) is 4.57 Å². The molecule has 0 saturated heterocycles. The SMILES string of the molecule is c1ccc(N(c2cccc(-n3c4ccccc4c4ccccc43)c2)c2ccc3ccc4ccc5ccccc5c4c3c2)cc1. The molecule has 0 N–H and O–H groups in total. The van der Waals surface area contributed by atoms with E-state index in [1.165, 1.54) is 54.1 Å². The van der Waals surface area contributed by atoms with Crippen molar-refractivity contribution < 1.29 is 0 Å². The summed E-state index contributed by atoms with van der Waals surface area (Å²) >= 11 is 0. The molecule has 0 radical (unpaired) electrons. The van der Waals surface area contributed by atoms with Crippen LogP contribution in [0.4, 0.5) is 17.1 Å². The third-order valence-electron chi connectivity index (χ3n) is 8.91. The third kappa shape index (κ3) is 3.82. The maximum Gasteiger partial charge on any atom is 0.0541 e. The molecular weight excluding hydrogens is 532 g/mol. The van der Waals surface area contributed by atoms with E-state index >= 15 is 0 Å². The number of benzene rings is 8. The van der Waals surface area contributed by atoms with Crippen molar-refractivity contribution in [3.63, 3.8) is 0 Å². The van der Waals surface area contributed by atoms with Crippen LogP contribution in [0, 0.1) is 0 Å². The predicted octanol–water partition coefficient (Wildman–Crippen LogP) is 11.7. The molecule has 1 heterocycles. The van der Waals surface area contributed by atoms with E-state index in [4.69, 9.17) is 0 Å². The van der Waals surface area contributed by atoms with Gasteiger partial charge in [0, 0.05) is 33.5 Å². The zero-order chi connectivity index (χ0) is 29.0. The topological polar surface area (TPSA) is 8.17 Å². The van der Waals surface area contributed by atoms with Crippen molar-refractivity contribution in [2.45, 2.75) is 0 Å². The van der Waals surface area contributed by atoms with E-state index in [1.54, 1.807) is 0 Å². The molecule has 2 heteroatoms. The van der Waals surface area contributed by atoms with Crippen LogP contribution >= 0.6 is 0 Å². The Kier molecular flexibility index (Phi) is 5.54. The van der Waals surface area contributed by atoms with Crippen LogP contribution in [0.2, 0.25) is 0 Å². The van der Waals surface area contributed by atoms with Gasteiger partial charge in [0.25, 0.3) is 0 Å². The van der Waals surface area contributed by atoms with Gasteiger partial charge in [-0.15, -0.1) is 0 Å². The Hall–Kier alpha value is -5.86. The highest BCUT2D eigenvalue weighted by Crippen LogP contribution is 2.40. The van der Waals surface area contributed by atoms with Gasteiger partial charge in [-0.2, -0.15) is 0 Å². The summed E-state index contributed by atoms with van der Waals surface area (Å²) < 4.78 is 2.39. The van der Waals surface area contributed by atoms with E-state index in [0.29, 0.717) is 0 Å². The van der Waals surface area contributed by atoms with Crippen molar-refractivity contribution >= 4 is 71.2 Å². The van der Waals surface area contributed by atoms with Crippen molar-refractivity contribution in [2.24, 2.45) is 0 Å². The van der Waals surface area contributed by atoms with E-state index in [1.807, 2.05) is 0 Å². The summed E-state index contributed by atoms with van der Waals surface area (Å²) in [6.45, 7) is 0. The zero-order valence-electron chi connectivity index (χ0n) is 24.1. The Labute approximate surface area is 255 Å². The van der Waals surface area contributed by atoms with Gasteiger partial charge in [0.2, 0.25) is 0 Å². The Morgan fingerprint density at radius 2 is 0.886 bits per heavy atom. The normalized spacial score (nSPS) is 11.6. The molecule has 0 aliphatic carbocycles. The number of rotatable bonds is 4. The highest BCUT2D eigenvalue weighted by molar-refractivity contribution is 6.20. The van der Waals surface area contributed by atoms with Gasteiger partial charge in [-0.05, 0) is 86.9 Å². The molecule has 0 spiro atoms. The summed E-state index contributed by atoms with van der Waals surface area (Å²) in [5, 5.41) is 10.1. The molecular formula is C42H28N2. The summed E-state index contributed by atoms with van der Waals surface area (Å²) in [6, 6.07) is 61.5. The van der Waals surface area contributed by atoms with E-state index in [9.17, 15) is 0 Å². The molecule has 2 nitrogen and oxygen atoms in total. The Morgan fingerprint density at radius 3 is 1.64 bits per heavy atom. The van der Waals surface area contributed by atoms with Gasteiger partial charge < -0.3 is 9.47 Å².